The van der Waals surface area contributed by atoms with Gasteiger partial charge in [-0.1, -0.05) is 36.1 Å². The Morgan fingerprint density at radius 3 is 2.43 bits per heavy atom. The first-order valence-corrected chi connectivity index (χ1v) is 13.3. The Bertz CT molecular complexity index is 1250. The van der Waals surface area contributed by atoms with Gasteiger partial charge in [-0.25, -0.2) is 0 Å². The lowest BCUT2D eigenvalue weighted by molar-refractivity contribution is -0.384. The van der Waals surface area contributed by atoms with Gasteiger partial charge in [0.05, 0.1) is 22.6 Å². The number of methoxy groups -OCH3 is 1. The van der Waals surface area contributed by atoms with Gasteiger partial charge in [0, 0.05) is 17.7 Å². The van der Waals surface area contributed by atoms with Gasteiger partial charge in [-0.05, 0) is 91.5 Å². The summed E-state index contributed by atoms with van der Waals surface area (Å²) >= 11 is 6.71. The van der Waals surface area contributed by atoms with Crippen LogP contribution in [0.15, 0.2) is 47.4 Å². The number of amides is 1. The molecule has 1 saturated heterocycles. The average molecular weight is 507 g/mol. The third-order valence-electron chi connectivity index (χ3n) is 8.26. The number of nitro benzene ring substituents is 1. The molecule has 4 aliphatic carbocycles. The smallest absolute Gasteiger partial charge is 0.271 e. The van der Waals surface area contributed by atoms with Gasteiger partial charge in [-0.3, -0.25) is 19.8 Å². The topological polar surface area (TPSA) is 72.7 Å². The second-order valence-corrected chi connectivity index (χ2v) is 12.1. The molecule has 0 unspecified atom stereocenters. The highest BCUT2D eigenvalue weighted by Crippen LogP contribution is 2.61. The monoisotopic (exact) mass is 506 g/mol. The molecule has 0 spiro atoms. The van der Waals surface area contributed by atoms with E-state index in [0.29, 0.717) is 14.9 Å². The number of hydrogen-bond acceptors (Lipinski definition) is 6. The van der Waals surface area contributed by atoms with Crippen LogP contribution in [0.25, 0.3) is 6.08 Å². The number of carbonyl (C=O) groups excluding carboxylic acids is 1. The Labute approximate surface area is 213 Å². The second kappa shape index (κ2) is 8.45. The van der Waals surface area contributed by atoms with Crippen molar-refractivity contribution in [3.05, 3.63) is 68.6 Å². The van der Waals surface area contributed by atoms with Crippen LogP contribution in [0.1, 0.15) is 49.7 Å². The maximum atomic E-state index is 13.3. The predicted octanol–water partition coefficient (Wildman–Crippen LogP) is 6.48. The van der Waals surface area contributed by atoms with Gasteiger partial charge in [-0.15, -0.1) is 0 Å². The highest BCUT2D eigenvalue weighted by atomic mass is 32.2. The van der Waals surface area contributed by atoms with E-state index in [4.69, 9.17) is 17.0 Å². The molecular weight excluding hydrogens is 480 g/mol. The molecular formula is C27H26N2O4S2. The largest absolute Gasteiger partial charge is 0.496 e. The second-order valence-electron chi connectivity index (χ2n) is 10.4. The summed E-state index contributed by atoms with van der Waals surface area (Å²) in [5.41, 5.74) is 2.80. The van der Waals surface area contributed by atoms with Crippen molar-refractivity contribution in [2.24, 2.45) is 17.8 Å². The van der Waals surface area contributed by atoms with Gasteiger partial charge in [0.25, 0.3) is 11.6 Å². The number of hydrogen-bond donors (Lipinski definition) is 0. The van der Waals surface area contributed by atoms with Crippen molar-refractivity contribution >= 4 is 51.7 Å². The molecule has 0 radical (unpaired) electrons. The molecule has 0 N–H and O–H groups in total. The molecule has 7 rings (SSSR count). The Morgan fingerprint density at radius 1 is 1.11 bits per heavy atom. The number of thiocarbonyl (C=S) groups is 1. The van der Waals surface area contributed by atoms with Gasteiger partial charge >= 0.3 is 0 Å². The zero-order chi connectivity index (χ0) is 24.3. The lowest BCUT2D eigenvalue weighted by Gasteiger charge is -2.57. The molecule has 6 nitrogen and oxygen atoms in total. The summed E-state index contributed by atoms with van der Waals surface area (Å²) in [6.45, 7) is 0. The normalized spacial score (nSPS) is 30.4. The van der Waals surface area contributed by atoms with E-state index in [1.165, 1.54) is 72.9 Å². The molecule has 0 aromatic heterocycles. The molecule has 2 aromatic rings. The number of rotatable bonds is 5. The number of nitro groups is 1. The fourth-order valence-electron chi connectivity index (χ4n) is 7.22. The van der Waals surface area contributed by atoms with Gasteiger partial charge in [0.15, 0.2) is 4.32 Å². The lowest BCUT2D eigenvalue weighted by atomic mass is 9.48. The van der Waals surface area contributed by atoms with E-state index >= 15 is 0 Å². The zero-order valence-electron chi connectivity index (χ0n) is 19.4. The van der Waals surface area contributed by atoms with Crippen molar-refractivity contribution in [3.8, 4) is 5.75 Å². The minimum atomic E-state index is -0.474. The summed E-state index contributed by atoms with van der Waals surface area (Å²) in [5.74, 6) is 2.98. The van der Waals surface area contributed by atoms with Crippen LogP contribution in [-0.2, 0) is 10.2 Å². The molecule has 1 heterocycles. The maximum Gasteiger partial charge on any atom is 0.271 e. The molecule has 180 valence electrons. The molecule has 35 heavy (non-hydrogen) atoms. The molecule has 1 amide bonds. The van der Waals surface area contributed by atoms with E-state index in [9.17, 15) is 14.9 Å². The third-order valence-corrected chi connectivity index (χ3v) is 9.56. The quantitative estimate of drug-likeness (QED) is 0.200. The van der Waals surface area contributed by atoms with Gasteiger partial charge < -0.3 is 4.74 Å². The van der Waals surface area contributed by atoms with Gasteiger partial charge in [0.2, 0.25) is 0 Å². The van der Waals surface area contributed by atoms with E-state index < -0.39 is 4.92 Å². The Hall–Kier alpha value is -2.71. The number of thioether (sulfide) groups is 1. The fraction of sp³-hybridized carbons (Fsp3) is 0.407. The van der Waals surface area contributed by atoms with Crippen LogP contribution < -0.4 is 9.64 Å². The van der Waals surface area contributed by atoms with Crippen LogP contribution in [0, 0.1) is 27.9 Å². The Kier molecular flexibility index (Phi) is 5.49. The minimum absolute atomic E-state index is 0.0783. The number of nitrogens with zero attached hydrogens (tertiary/aromatic N) is 2. The highest BCUT2D eigenvalue weighted by molar-refractivity contribution is 8.27. The predicted molar refractivity (Wildman–Crippen MR) is 142 cm³/mol. The first kappa shape index (κ1) is 22.7. The van der Waals surface area contributed by atoms with E-state index in [0.717, 1.165) is 29.1 Å². The van der Waals surface area contributed by atoms with E-state index in [2.05, 4.69) is 12.1 Å². The first-order chi connectivity index (χ1) is 16.8. The van der Waals surface area contributed by atoms with Crippen molar-refractivity contribution in [2.45, 2.75) is 43.9 Å². The zero-order valence-corrected chi connectivity index (χ0v) is 21.1. The SMILES string of the molecule is COc1ccc(C23CC4CC(CC(C4)C2)C3)cc1/C=C1\SC(=S)N(c2cccc([N+](=O)[O-])c2)C1=O. The number of non-ortho nitro benzene ring substituents is 1. The highest BCUT2D eigenvalue weighted by Gasteiger charge is 2.51. The summed E-state index contributed by atoms with van der Waals surface area (Å²) in [5, 5.41) is 11.2. The van der Waals surface area contributed by atoms with Crippen LogP contribution >= 0.6 is 24.0 Å². The van der Waals surface area contributed by atoms with E-state index in [1.807, 2.05) is 12.1 Å². The Balaban J connectivity index is 1.34. The van der Waals surface area contributed by atoms with E-state index in [1.54, 1.807) is 19.2 Å². The third kappa shape index (κ3) is 3.87. The van der Waals surface area contributed by atoms with Crippen LogP contribution in [0.4, 0.5) is 11.4 Å². The lowest BCUT2D eigenvalue weighted by Crippen LogP contribution is -2.48. The number of benzene rings is 2. The summed E-state index contributed by atoms with van der Waals surface area (Å²) in [6.07, 6.45) is 9.83. The standard InChI is InChI=1S/C27H26N2O4S2/c1-33-23-6-5-20(27-13-16-7-17(14-27)9-18(8-16)15-27)10-19(23)11-24-25(30)28(26(34)35-24)21-3-2-4-22(12-21)29(31)32/h2-6,10-12,16-18H,7-9,13-15H2,1H3/b24-11-. The van der Waals surface area contributed by atoms with Gasteiger partial charge in [-0.2, -0.15) is 0 Å². The molecule has 4 bridgehead atoms. The van der Waals surface area contributed by atoms with Crippen LogP contribution in [0.2, 0.25) is 0 Å². The molecule has 8 heteroatoms. The van der Waals surface area contributed by atoms with Crippen LogP contribution in [0.3, 0.4) is 0 Å². The number of anilines is 1. The minimum Gasteiger partial charge on any atom is -0.496 e. The Morgan fingerprint density at radius 2 is 1.80 bits per heavy atom. The van der Waals surface area contributed by atoms with Crippen molar-refractivity contribution in [3.63, 3.8) is 0 Å². The van der Waals surface area contributed by atoms with Crippen molar-refractivity contribution in [1.29, 1.82) is 0 Å². The molecule has 5 aliphatic rings. The van der Waals surface area contributed by atoms with Crippen LogP contribution in [-0.4, -0.2) is 22.3 Å². The van der Waals surface area contributed by atoms with E-state index in [-0.39, 0.29) is 17.0 Å². The van der Waals surface area contributed by atoms with Crippen molar-refractivity contribution < 1.29 is 14.5 Å². The summed E-state index contributed by atoms with van der Waals surface area (Å²) in [7, 11) is 1.64. The molecule has 4 saturated carbocycles. The fourth-order valence-corrected chi connectivity index (χ4v) is 8.51. The van der Waals surface area contributed by atoms with Crippen molar-refractivity contribution in [2.75, 3.05) is 12.0 Å². The van der Waals surface area contributed by atoms with Crippen molar-refractivity contribution in [1.82, 2.24) is 0 Å². The number of ether oxygens (including phenoxy) is 1. The average Bonchev–Trinajstić information content (AvgIpc) is 3.10. The van der Waals surface area contributed by atoms with Crippen LogP contribution in [0.5, 0.6) is 5.75 Å². The first-order valence-electron chi connectivity index (χ1n) is 12.1. The molecule has 1 aliphatic heterocycles. The summed E-state index contributed by atoms with van der Waals surface area (Å²) < 4.78 is 6.02. The summed E-state index contributed by atoms with van der Waals surface area (Å²) in [4.78, 5) is 25.9. The number of carbonyl (C=O) groups is 1. The molecule has 0 atom stereocenters. The van der Waals surface area contributed by atoms with Gasteiger partial charge in [0.1, 0.15) is 5.75 Å². The molecule has 5 fully saturated rings. The maximum absolute atomic E-state index is 13.3. The summed E-state index contributed by atoms with van der Waals surface area (Å²) in [6, 6.07) is 12.5. The molecule has 2 aromatic carbocycles.